The van der Waals surface area contributed by atoms with E-state index in [2.05, 4.69) is 10.8 Å². The minimum Gasteiger partial charge on any atom is -0.478 e. The largest absolute Gasteiger partial charge is 0.478 e. The van der Waals surface area contributed by atoms with Gasteiger partial charge in [0.1, 0.15) is 5.65 Å². The molecule has 0 fully saturated rings. The van der Waals surface area contributed by atoms with Gasteiger partial charge in [0.2, 0.25) is 0 Å². The highest BCUT2D eigenvalue weighted by molar-refractivity contribution is 5.88. The monoisotopic (exact) mass is 518 g/mol. The SMILES string of the molecule is Cc1c(C=C=Cc2ccc(N(C)C)cc2)c(=O)n(-c2ccccc2)c2[nH]n(-c3ccc(C(=O)O)cc3)c(=O)c12. The summed E-state index contributed by atoms with van der Waals surface area (Å²) in [5, 5.41) is 12.7. The van der Waals surface area contributed by atoms with Crippen molar-refractivity contribution in [2.75, 3.05) is 19.0 Å². The van der Waals surface area contributed by atoms with Gasteiger partial charge in [-0.25, -0.2) is 9.48 Å². The second-order valence-electron chi connectivity index (χ2n) is 9.28. The van der Waals surface area contributed by atoms with Gasteiger partial charge in [0.25, 0.3) is 11.1 Å². The predicted molar refractivity (Wildman–Crippen MR) is 154 cm³/mol. The molecule has 0 aliphatic rings. The minimum absolute atomic E-state index is 0.107. The van der Waals surface area contributed by atoms with E-state index < -0.39 is 5.97 Å². The maximum Gasteiger partial charge on any atom is 0.335 e. The molecule has 0 amide bonds. The molecule has 0 spiro atoms. The van der Waals surface area contributed by atoms with Gasteiger partial charge in [-0.1, -0.05) is 30.3 Å². The lowest BCUT2D eigenvalue weighted by atomic mass is 10.1. The first-order chi connectivity index (χ1) is 18.8. The van der Waals surface area contributed by atoms with Gasteiger partial charge in [0.05, 0.1) is 27.9 Å². The minimum atomic E-state index is -1.06. The van der Waals surface area contributed by atoms with E-state index in [9.17, 15) is 19.5 Å². The number of nitrogens with zero attached hydrogens (tertiary/aromatic N) is 3. The zero-order chi connectivity index (χ0) is 27.7. The summed E-state index contributed by atoms with van der Waals surface area (Å²) in [7, 11) is 3.95. The van der Waals surface area contributed by atoms with Crippen LogP contribution in [0.4, 0.5) is 5.69 Å². The second-order valence-corrected chi connectivity index (χ2v) is 9.28. The molecule has 2 aromatic heterocycles. The van der Waals surface area contributed by atoms with Crippen LogP contribution in [0.25, 0.3) is 34.6 Å². The van der Waals surface area contributed by atoms with Crippen molar-refractivity contribution in [3.05, 3.63) is 128 Å². The molecular weight excluding hydrogens is 492 g/mol. The number of pyridine rings is 1. The van der Waals surface area contributed by atoms with Crippen LogP contribution >= 0.6 is 0 Å². The molecule has 0 saturated heterocycles. The average molecular weight is 519 g/mol. The number of rotatable bonds is 6. The fourth-order valence-corrected chi connectivity index (χ4v) is 4.46. The first-order valence-corrected chi connectivity index (χ1v) is 12.3. The number of H-pyrrole nitrogens is 1. The van der Waals surface area contributed by atoms with Crippen molar-refractivity contribution in [2.45, 2.75) is 6.92 Å². The normalized spacial score (nSPS) is 10.7. The van der Waals surface area contributed by atoms with E-state index in [0.717, 1.165) is 11.3 Å². The lowest BCUT2D eigenvalue weighted by Crippen LogP contribution is -2.23. The van der Waals surface area contributed by atoms with Gasteiger partial charge >= 0.3 is 5.97 Å². The quantitative estimate of drug-likeness (QED) is 0.313. The van der Waals surface area contributed by atoms with Gasteiger partial charge in [-0.15, -0.1) is 5.73 Å². The van der Waals surface area contributed by atoms with Gasteiger partial charge in [-0.2, -0.15) is 0 Å². The lowest BCUT2D eigenvalue weighted by molar-refractivity contribution is 0.0697. The van der Waals surface area contributed by atoms with E-state index in [-0.39, 0.29) is 16.7 Å². The molecule has 0 atom stereocenters. The van der Waals surface area contributed by atoms with Crippen LogP contribution in [0.2, 0.25) is 0 Å². The molecule has 5 rings (SSSR count). The standard InChI is InChI=1S/C31H26N4O4/c1-20-26(11-7-8-21-12-16-23(17-13-21)33(2)3)29(36)34(24-9-5-4-6-10-24)28-27(20)30(37)35(32-28)25-18-14-22(15-19-25)31(38)39/h4-6,8-19,32H,1-3H3,(H,38,39). The highest BCUT2D eigenvalue weighted by Crippen LogP contribution is 2.21. The Kier molecular flexibility index (Phi) is 6.63. The van der Waals surface area contributed by atoms with E-state index in [1.807, 2.05) is 61.5 Å². The van der Waals surface area contributed by atoms with Crippen molar-refractivity contribution in [3.8, 4) is 11.4 Å². The van der Waals surface area contributed by atoms with Crippen LogP contribution in [-0.2, 0) is 0 Å². The zero-order valence-electron chi connectivity index (χ0n) is 21.7. The third kappa shape index (κ3) is 4.72. The number of aromatic nitrogens is 3. The number of hydrogen-bond donors (Lipinski definition) is 2. The van der Waals surface area contributed by atoms with Crippen LogP contribution in [0.15, 0.2) is 94.2 Å². The maximum absolute atomic E-state index is 13.8. The van der Waals surface area contributed by atoms with Crippen molar-refractivity contribution in [3.63, 3.8) is 0 Å². The summed E-state index contributed by atoms with van der Waals surface area (Å²) in [6, 6.07) is 23.0. The Morgan fingerprint density at radius 3 is 2.15 bits per heavy atom. The Balaban J connectivity index is 1.71. The third-order valence-corrected chi connectivity index (χ3v) is 6.58. The second kappa shape index (κ2) is 10.2. The molecule has 0 saturated carbocycles. The van der Waals surface area contributed by atoms with Crippen molar-refractivity contribution in [1.82, 2.24) is 14.3 Å². The summed E-state index contributed by atoms with van der Waals surface area (Å²) in [6.07, 6.45) is 3.39. The summed E-state index contributed by atoms with van der Waals surface area (Å²) in [4.78, 5) is 40.8. The van der Waals surface area contributed by atoms with Crippen LogP contribution in [0.3, 0.4) is 0 Å². The number of carbonyl (C=O) groups is 1. The summed E-state index contributed by atoms with van der Waals surface area (Å²) in [5.74, 6) is -1.06. The molecule has 2 N–H and O–H groups in total. The van der Waals surface area contributed by atoms with Crippen LogP contribution < -0.4 is 16.0 Å². The number of carboxylic acids is 1. The first kappa shape index (κ1) is 25.3. The van der Waals surface area contributed by atoms with Crippen molar-refractivity contribution in [2.24, 2.45) is 0 Å². The number of aromatic amines is 1. The Morgan fingerprint density at radius 2 is 1.54 bits per heavy atom. The van der Waals surface area contributed by atoms with E-state index >= 15 is 0 Å². The van der Waals surface area contributed by atoms with Crippen LogP contribution in [0, 0.1) is 6.92 Å². The average Bonchev–Trinajstić information content (AvgIpc) is 3.28. The fourth-order valence-electron chi connectivity index (χ4n) is 4.46. The Hall–Kier alpha value is -5.33. The molecule has 0 bridgehead atoms. The maximum atomic E-state index is 13.8. The van der Waals surface area contributed by atoms with Crippen LogP contribution in [0.5, 0.6) is 0 Å². The van der Waals surface area contributed by atoms with Gasteiger partial charge in [0, 0.05) is 19.8 Å². The van der Waals surface area contributed by atoms with Gasteiger partial charge in [-0.3, -0.25) is 19.3 Å². The van der Waals surface area contributed by atoms with Gasteiger partial charge in [-0.05, 0) is 78.7 Å². The highest BCUT2D eigenvalue weighted by atomic mass is 16.4. The Bertz CT molecular complexity index is 1870. The third-order valence-electron chi connectivity index (χ3n) is 6.58. The molecule has 0 aliphatic carbocycles. The van der Waals surface area contributed by atoms with E-state index in [1.165, 1.54) is 21.4 Å². The molecule has 194 valence electrons. The number of aromatic carboxylic acids is 1. The number of aryl methyl sites for hydroxylation is 1. The summed E-state index contributed by atoms with van der Waals surface area (Å²) in [6.45, 7) is 1.74. The smallest absolute Gasteiger partial charge is 0.335 e. The van der Waals surface area contributed by atoms with E-state index in [0.29, 0.717) is 33.5 Å². The van der Waals surface area contributed by atoms with Gasteiger partial charge in [0.15, 0.2) is 0 Å². The topological polar surface area (TPSA) is 100 Å². The van der Waals surface area contributed by atoms with Crippen molar-refractivity contribution in [1.29, 1.82) is 0 Å². The zero-order valence-corrected chi connectivity index (χ0v) is 21.7. The molecule has 0 unspecified atom stereocenters. The van der Waals surface area contributed by atoms with Crippen LogP contribution in [-0.4, -0.2) is 39.5 Å². The Labute approximate surface area is 224 Å². The van der Waals surface area contributed by atoms with E-state index in [1.54, 1.807) is 43.3 Å². The van der Waals surface area contributed by atoms with E-state index in [4.69, 9.17) is 0 Å². The van der Waals surface area contributed by atoms with Gasteiger partial charge < -0.3 is 10.0 Å². The van der Waals surface area contributed by atoms with Crippen LogP contribution in [0.1, 0.15) is 27.0 Å². The van der Waals surface area contributed by atoms with Crippen molar-refractivity contribution < 1.29 is 9.90 Å². The molecule has 0 radical (unpaired) electrons. The molecule has 8 heteroatoms. The number of anilines is 1. The number of carboxylic acid groups (broad SMARTS) is 1. The molecule has 5 aromatic rings. The van der Waals surface area contributed by atoms with Crippen molar-refractivity contribution >= 4 is 34.8 Å². The molecule has 2 heterocycles. The number of benzene rings is 3. The number of hydrogen-bond acceptors (Lipinski definition) is 4. The lowest BCUT2D eigenvalue weighted by Gasteiger charge is -2.11. The molecule has 0 aliphatic heterocycles. The number of para-hydroxylation sites is 1. The summed E-state index contributed by atoms with van der Waals surface area (Å²) in [5.41, 5.74) is 6.82. The molecule has 3 aromatic carbocycles. The molecular formula is C31H26N4O4. The summed E-state index contributed by atoms with van der Waals surface area (Å²) >= 11 is 0. The molecule has 8 nitrogen and oxygen atoms in total. The number of nitrogens with one attached hydrogen (secondary N) is 1. The summed E-state index contributed by atoms with van der Waals surface area (Å²) < 4.78 is 2.79. The fraction of sp³-hybridized carbons (Fsp3) is 0.0968. The predicted octanol–water partition coefficient (Wildman–Crippen LogP) is 4.87. The number of fused-ring (bicyclic) bond motifs is 1. The first-order valence-electron chi connectivity index (χ1n) is 12.3. The highest BCUT2D eigenvalue weighted by Gasteiger charge is 2.20. The molecule has 39 heavy (non-hydrogen) atoms. The Morgan fingerprint density at radius 1 is 0.872 bits per heavy atom.